The highest BCUT2D eigenvalue weighted by atomic mass is 16.4. The van der Waals surface area contributed by atoms with Gasteiger partial charge < -0.3 is 15.7 Å². The van der Waals surface area contributed by atoms with Gasteiger partial charge in [0.25, 0.3) is 0 Å². The van der Waals surface area contributed by atoms with E-state index in [0.29, 0.717) is 0 Å². The Kier molecular flexibility index (Phi) is 5.07. The van der Waals surface area contributed by atoms with Gasteiger partial charge in [-0.05, 0) is 24.0 Å². The summed E-state index contributed by atoms with van der Waals surface area (Å²) in [6.07, 6.45) is 1.65. The molecule has 0 saturated carbocycles. The largest absolute Gasteiger partial charge is 0.480 e. The predicted octanol–water partition coefficient (Wildman–Crippen LogP) is 1.69. The molecule has 20 heavy (non-hydrogen) atoms. The molecule has 1 rings (SSSR count). The normalized spacial score (nSPS) is 12.6. The van der Waals surface area contributed by atoms with Gasteiger partial charge in [0.15, 0.2) is 0 Å². The molecule has 6 heteroatoms. The van der Waals surface area contributed by atoms with Gasteiger partial charge in [0.1, 0.15) is 6.04 Å². The molecule has 0 aromatic carbocycles. The lowest BCUT2D eigenvalue weighted by Gasteiger charge is -2.27. The Morgan fingerprint density at radius 3 is 2.55 bits per heavy atom. The summed E-state index contributed by atoms with van der Waals surface area (Å²) in [6, 6.07) is 2.25. The lowest BCUT2D eigenvalue weighted by molar-refractivity contribution is -0.141. The Morgan fingerprint density at radius 1 is 1.40 bits per heavy atom. The van der Waals surface area contributed by atoms with Crippen molar-refractivity contribution in [2.24, 2.45) is 5.41 Å². The molecule has 6 nitrogen and oxygen atoms in total. The van der Waals surface area contributed by atoms with E-state index in [2.05, 4.69) is 15.6 Å². The molecular weight excluding hydrogens is 258 g/mol. The molecule has 1 aromatic heterocycles. The highest BCUT2D eigenvalue weighted by molar-refractivity contribution is 5.83. The second-order valence-corrected chi connectivity index (χ2v) is 5.73. The zero-order valence-electron chi connectivity index (χ0n) is 12.2. The summed E-state index contributed by atoms with van der Waals surface area (Å²) in [7, 11) is 0. The fourth-order valence-electron chi connectivity index (χ4n) is 1.70. The number of carboxylic acid groups (broad SMARTS) is 1. The van der Waals surface area contributed by atoms with Gasteiger partial charge >= 0.3 is 12.0 Å². The van der Waals surface area contributed by atoms with Crippen LogP contribution in [0.5, 0.6) is 0 Å². The fourth-order valence-corrected chi connectivity index (χ4v) is 1.70. The monoisotopic (exact) mass is 279 g/mol. The number of hydrogen-bond donors (Lipinski definition) is 3. The second-order valence-electron chi connectivity index (χ2n) is 5.73. The molecule has 0 aliphatic heterocycles. The standard InChI is InChI=1S/C14H21N3O3/c1-9-6-5-7-15-10(9)8-16-13(20)17-11(12(18)19)14(2,3)4/h5-7,11H,8H2,1-4H3,(H,18,19)(H2,16,17,20). The Bertz CT molecular complexity index is 495. The quantitative estimate of drug-likeness (QED) is 0.782. The van der Waals surface area contributed by atoms with Crippen molar-refractivity contribution in [3.8, 4) is 0 Å². The average Bonchev–Trinajstić information content (AvgIpc) is 2.33. The molecule has 1 atom stereocenters. The van der Waals surface area contributed by atoms with Crippen LogP contribution in [-0.4, -0.2) is 28.1 Å². The molecule has 3 N–H and O–H groups in total. The van der Waals surface area contributed by atoms with Crippen LogP contribution in [0.15, 0.2) is 18.3 Å². The minimum atomic E-state index is -1.05. The average molecular weight is 279 g/mol. The maximum atomic E-state index is 11.8. The van der Waals surface area contributed by atoms with Crippen LogP contribution >= 0.6 is 0 Å². The number of aromatic nitrogens is 1. The number of carbonyl (C=O) groups excluding carboxylic acids is 1. The van der Waals surface area contributed by atoms with Gasteiger partial charge in [-0.25, -0.2) is 9.59 Å². The molecule has 0 fully saturated rings. The van der Waals surface area contributed by atoms with Crippen molar-refractivity contribution in [3.05, 3.63) is 29.6 Å². The second kappa shape index (κ2) is 6.36. The number of urea groups is 1. The van der Waals surface area contributed by atoms with Crippen LogP contribution in [0, 0.1) is 12.3 Å². The molecule has 0 radical (unpaired) electrons. The number of aryl methyl sites for hydroxylation is 1. The van der Waals surface area contributed by atoms with E-state index in [9.17, 15) is 9.59 Å². The number of rotatable bonds is 4. The molecule has 0 saturated heterocycles. The first-order valence-corrected chi connectivity index (χ1v) is 6.39. The summed E-state index contributed by atoms with van der Waals surface area (Å²) in [5.41, 5.74) is 1.16. The molecule has 0 spiro atoms. The SMILES string of the molecule is Cc1cccnc1CNC(=O)NC(C(=O)O)C(C)(C)C. The van der Waals surface area contributed by atoms with Gasteiger partial charge in [-0.1, -0.05) is 26.8 Å². The van der Waals surface area contributed by atoms with Crippen molar-refractivity contribution >= 4 is 12.0 Å². The minimum absolute atomic E-state index is 0.259. The summed E-state index contributed by atoms with van der Waals surface area (Å²) in [4.78, 5) is 27.1. The number of carbonyl (C=O) groups is 2. The summed E-state index contributed by atoms with van der Waals surface area (Å²) >= 11 is 0. The Labute approximate surface area is 118 Å². The van der Waals surface area contributed by atoms with Crippen molar-refractivity contribution in [1.29, 1.82) is 0 Å². The van der Waals surface area contributed by atoms with Gasteiger partial charge in [0.2, 0.25) is 0 Å². The lowest BCUT2D eigenvalue weighted by atomic mass is 9.87. The number of hydrogen-bond acceptors (Lipinski definition) is 3. The van der Waals surface area contributed by atoms with Crippen LogP contribution in [0.25, 0.3) is 0 Å². The predicted molar refractivity (Wildman–Crippen MR) is 75.2 cm³/mol. The van der Waals surface area contributed by atoms with Crippen molar-refractivity contribution in [2.75, 3.05) is 0 Å². The maximum absolute atomic E-state index is 11.8. The minimum Gasteiger partial charge on any atom is -0.480 e. The lowest BCUT2D eigenvalue weighted by Crippen LogP contribution is -2.52. The van der Waals surface area contributed by atoms with Crippen LogP contribution in [0.1, 0.15) is 32.0 Å². The van der Waals surface area contributed by atoms with Crippen LogP contribution in [0.4, 0.5) is 4.79 Å². The molecule has 1 heterocycles. The number of pyridine rings is 1. The van der Waals surface area contributed by atoms with Gasteiger partial charge in [0.05, 0.1) is 12.2 Å². The Balaban J connectivity index is 2.60. The number of carboxylic acids is 1. The molecule has 110 valence electrons. The number of amides is 2. The molecule has 1 aromatic rings. The fraction of sp³-hybridized carbons (Fsp3) is 0.500. The van der Waals surface area contributed by atoms with Gasteiger partial charge in [-0.15, -0.1) is 0 Å². The zero-order chi connectivity index (χ0) is 15.3. The van der Waals surface area contributed by atoms with E-state index in [1.807, 2.05) is 19.1 Å². The van der Waals surface area contributed by atoms with E-state index in [1.165, 1.54) is 0 Å². The van der Waals surface area contributed by atoms with Crippen molar-refractivity contribution in [3.63, 3.8) is 0 Å². The summed E-state index contributed by atoms with van der Waals surface area (Å²) < 4.78 is 0. The van der Waals surface area contributed by atoms with Crippen LogP contribution in [0.2, 0.25) is 0 Å². The highest BCUT2D eigenvalue weighted by Gasteiger charge is 2.32. The van der Waals surface area contributed by atoms with Crippen LogP contribution < -0.4 is 10.6 Å². The van der Waals surface area contributed by atoms with E-state index in [0.717, 1.165) is 11.3 Å². The van der Waals surface area contributed by atoms with E-state index < -0.39 is 23.5 Å². The van der Waals surface area contributed by atoms with Crippen molar-refractivity contribution in [1.82, 2.24) is 15.6 Å². The molecule has 0 bridgehead atoms. The highest BCUT2D eigenvalue weighted by Crippen LogP contribution is 2.19. The van der Waals surface area contributed by atoms with Crippen molar-refractivity contribution < 1.29 is 14.7 Å². The summed E-state index contributed by atoms with van der Waals surface area (Å²) in [5, 5.41) is 14.2. The molecular formula is C14H21N3O3. The van der Waals surface area contributed by atoms with E-state index in [1.54, 1.807) is 27.0 Å². The summed E-state index contributed by atoms with van der Waals surface area (Å²) in [6.45, 7) is 7.44. The number of nitrogens with zero attached hydrogens (tertiary/aromatic N) is 1. The molecule has 0 aliphatic rings. The van der Waals surface area contributed by atoms with Gasteiger partial charge in [0, 0.05) is 6.20 Å². The van der Waals surface area contributed by atoms with Crippen LogP contribution in [-0.2, 0) is 11.3 Å². The smallest absolute Gasteiger partial charge is 0.326 e. The first-order chi connectivity index (χ1) is 9.21. The zero-order valence-corrected chi connectivity index (χ0v) is 12.2. The maximum Gasteiger partial charge on any atom is 0.326 e. The third-order valence-corrected chi connectivity index (χ3v) is 2.92. The third-order valence-electron chi connectivity index (χ3n) is 2.92. The number of nitrogens with one attached hydrogen (secondary N) is 2. The van der Waals surface area contributed by atoms with Gasteiger partial charge in [-0.2, -0.15) is 0 Å². The Morgan fingerprint density at radius 2 is 2.05 bits per heavy atom. The number of aliphatic carboxylic acids is 1. The van der Waals surface area contributed by atoms with Crippen molar-refractivity contribution in [2.45, 2.75) is 40.3 Å². The topological polar surface area (TPSA) is 91.3 Å². The van der Waals surface area contributed by atoms with Gasteiger partial charge in [-0.3, -0.25) is 4.98 Å². The first kappa shape index (κ1) is 15.9. The molecule has 0 aliphatic carbocycles. The van der Waals surface area contributed by atoms with E-state index in [-0.39, 0.29) is 6.54 Å². The third kappa shape index (κ3) is 4.53. The van der Waals surface area contributed by atoms with E-state index >= 15 is 0 Å². The molecule has 2 amide bonds. The Hall–Kier alpha value is -2.11. The molecule has 1 unspecified atom stereocenters. The first-order valence-electron chi connectivity index (χ1n) is 6.39. The summed E-state index contributed by atoms with van der Waals surface area (Å²) in [5.74, 6) is -1.05. The van der Waals surface area contributed by atoms with E-state index in [4.69, 9.17) is 5.11 Å². The van der Waals surface area contributed by atoms with Crippen LogP contribution in [0.3, 0.4) is 0 Å².